The molecule has 1 spiro atoms. The van der Waals surface area contributed by atoms with E-state index in [2.05, 4.69) is 28.0 Å². The highest BCUT2D eigenvalue weighted by molar-refractivity contribution is 5.94. The zero-order valence-electron chi connectivity index (χ0n) is 19.6. The fraction of sp³-hybridized carbons (Fsp3) is 0.692. The Morgan fingerprint density at radius 1 is 1.06 bits per heavy atom. The highest BCUT2D eigenvalue weighted by atomic mass is 16.6. The molecule has 0 radical (unpaired) electrons. The number of para-hydroxylation sites is 1. The summed E-state index contributed by atoms with van der Waals surface area (Å²) in [7, 11) is 0. The third-order valence-corrected chi connectivity index (χ3v) is 8.95. The molecule has 4 saturated heterocycles. The topological polar surface area (TPSA) is 62.3 Å². The van der Waals surface area contributed by atoms with Crippen LogP contribution in [0.1, 0.15) is 58.9 Å². The van der Waals surface area contributed by atoms with Gasteiger partial charge in [0.05, 0.1) is 13.2 Å². The van der Waals surface area contributed by atoms with Gasteiger partial charge in [0, 0.05) is 50.5 Å². The zero-order chi connectivity index (χ0) is 22.6. The van der Waals surface area contributed by atoms with Crippen LogP contribution in [0.5, 0.6) is 0 Å². The first-order valence-electron chi connectivity index (χ1n) is 12.7. The monoisotopic (exact) mass is 455 g/mol. The van der Waals surface area contributed by atoms with Gasteiger partial charge in [0.1, 0.15) is 6.10 Å². The second kappa shape index (κ2) is 8.27. The number of fused-ring (bicyclic) bond motifs is 4. The van der Waals surface area contributed by atoms with E-state index in [1.54, 1.807) is 6.92 Å². The third kappa shape index (κ3) is 3.64. The first-order chi connectivity index (χ1) is 16.0. The van der Waals surface area contributed by atoms with Gasteiger partial charge in [-0.05, 0) is 63.2 Å². The molecule has 0 N–H and O–H groups in total. The molecule has 7 heteroatoms. The number of benzene rings is 1. The van der Waals surface area contributed by atoms with E-state index in [9.17, 15) is 9.59 Å². The zero-order valence-corrected chi connectivity index (χ0v) is 19.6. The summed E-state index contributed by atoms with van der Waals surface area (Å²) < 4.78 is 11.1. The molecule has 0 aliphatic carbocycles. The summed E-state index contributed by atoms with van der Waals surface area (Å²) in [6.07, 6.45) is 7.09. The minimum Gasteiger partial charge on any atom is -0.444 e. The standard InChI is InChI=1S/C26H35N3O4.H2/c1-18(30)28-17-26(23-4-2-3-5-24(23)28)9-11-27(12-10-26)21-14-19-6-7-20(15-21)29(19)25(31)33-22-8-13-32-16-22;/h2-5,19-22H,6-17H2,1H3;1H/t19?,20?,21?,22-;/m1./s1. The van der Waals surface area contributed by atoms with Gasteiger partial charge in [0.25, 0.3) is 0 Å². The number of anilines is 1. The molecular weight excluding hydrogens is 418 g/mol. The van der Waals surface area contributed by atoms with E-state index in [1.807, 2.05) is 11.0 Å². The lowest BCUT2D eigenvalue weighted by Gasteiger charge is -2.47. The number of hydrogen-bond acceptors (Lipinski definition) is 5. The Kier molecular flexibility index (Phi) is 5.37. The Morgan fingerprint density at radius 3 is 2.45 bits per heavy atom. The molecule has 33 heavy (non-hydrogen) atoms. The van der Waals surface area contributed by atoms with Gasteiger partial charge in [0.15, 0.2) is 0 Å². The lowest BCUT2D eigenvalue weighted by molar-refractivity contribution is -0.116. The summed E-state index contributed by atoms with van der Waals surface area (Å²) >= 11 is 0. The lowest BCUT2D eigenvalue weighted by Crippen LogP contribution is -2.56. The largest absolute Gasteiger partial charge is 0.444 e. The first kappa shape index (κ1) is 21.4. The van der Waals surface area contributed by atoms with Crippen molar-refractivity contribution in [2.24, 2.45) is 0 Å². The number of hydrogen-bond donors (Lipinski definition) is 0. The third-order valence-electron chi connectivity index (χ3n) is 8.95. The number of rotatable bonds is 2. The Hall–Kier alpha value is -2.12. The highest BCUT2D eigenvalue weighted by Crippen LogP contribution is 2.48. The van der Waals surface area contributed by atoms with Crippen LogP contribution in [-0.4, -0.2) is 78.9 Å². The number of likely N-dealkylation sites (tertiary alicyclic amines) is 1. The van der Waals surface area contributed by atoms with Crippen molar-refractivity contribution in [1.29, 1.82) is 0 Å². The SMILES string of the molecule is CC(=O)N1CC2(CCN(C3CC4CCC(C3)N4C(=O)O[C@@H]3CCOC3)CC2)c2ccccc21.[HH]. The lowest BCUT2D eigenvalue weighted by atomic mass is 9.73. The molecule has 2 amide bonds. The number of ether oxygens (including phenoxy) is 2. The molecule has 5 heterocycles. The summed E-state index contributed by atoms with van der Waals surface area (Å²) in [4.78, 5) is 31.9. The normalized spacial score (nSPS) is 32.9. The number of nitrogens with zero attached hydrogens (tertiary/aromatic N) is 3. The number of carbonyl (C=O) groups is 2. The second-order valence-electron chi connectivity index (χ2n) is 10.7. The molecule has 5 aliphatic rings. The fourth-order valence-corrected chi connectivity index (χ4v) is 7.21. The van der Waals surface area contributed by atoms with Crippen molar-refractivity contribution in [2.45, 2.75) is 81.5 Å². The van der Waals surface area contributed by atoms with Gasteiger partial charge in [0.2, 0.25) is 5.91 Å². The molecule has 0 aromatic heterocycles. The molecule has 1 aromatic rings. The minimum atomic E-state index is -0.124. The molecule has 1 aromatic carbocycles. The molecule has 5 aliphatic heterocycles. The molecule has 2 unspecified atom stereocenters. The van der Waals surface area contributed by atoms with E-state index in [4.69, 9.17) is 9.47 Å². The van der Waals surface area contributed by atoms with Crippen LogP contribution >= 0.6 is 0 Å². The summed E-state index contributed by atoms with van der Waals surface area (Å²) in [5, 5.41) is 0. The van der Waals surface area contributed by atoms with Crippen LogP contribution in [0.2, 0.25) is 0 Å². The van der Waals surface area contributed by atoms with Gasteiger partial charge < -0.3 is 24.2 Å². The molecule has 0 saturated carbocycles. The number of amides is 2. The van der Waals surface area contributed by atoms with Crippen LogP contribution in [-0.2, 0) is 19.7 Å². The molecular formula is C26H37N3O4. The van der Waals surface area contributed by atoms with Crippen molar-refractivity contribution >= 4 is 17.7 Å². The predicted octanol–water partition coefficient (Wildman–Crippen LogP) is 3.55. The Balaban J connectivity index is 0.00000241. The van der Waals surface area contributed by atoms with Gasteiger partial charge in [-0.25, -0.2) is 4.79 Å². The average molecular weight is 456 g/mol. The predicted molar refractivity (Wildman–Crippen MR) is 126 cm³/mol. The van der Waals surface area contributed by atoms with E-state index in [0.717, 1.165) is 70.3 Å². The average Bonchev–Trinajstić information content (AvgIpc) is 3.51. The fourth-order valence-electron chi connectivity index (χ4n) is 7.21. The van der Waals surface area contributed by atoms with Crippen LogP contribution in [0.15, 0.2) is 24.3 Å². The maximum atomic E-state index is 12.9. The van der Waals surface area contributed by atoms with Crippen molar-refractivity contribution in [3.63, 3.8) is 0 Å². The Morgan fingerprint density at radius 2 is 1.79 bits per heavy atom. The molecule has 2 bridgehead atoms. The highest BCUT2D eigenvalue weighted by Gasteiger charge is 2.49. The summed E-state index contributed by atoms with van der Waals surface area (Å²) in [5.74, 6) is 0.141. The van der Waals surface area contributed by atoms with E-state index >= 15 is 0 Å². The quantitative estimate of drug-likeness (QED) is 0.683. The number of piperidine rings is 2. The first-order valence-corrected chi connectivity index (χ1v) is 12.7. The van der Waals surface area contributed by atoms with Crippen molar-refractivity contribution in [3.05, 3.63) is 29.8 Å². The van der Waals surface area contributed by atoms with Crippen molar-refractivity contribution < 1.29 is 20.5 Å². The van der Waals surface area contributed by atoms with E-state index < -0.39 is 0 Å². The van der Waals surface area contributed by atoms with Crippen LogP contribution in [0.3, 0.4) is 0 Å². The maximum Gasteiger partial charge on any atom is 0.410 e. The molecule has 180 valence electrons. The molecule has 3 atom stereocenters. The number of carbonyl (C=O) groups excluding carboxylic acids is 2. The van der Waals surface area contributed by atoms with Crippen molar-refractivity contribution in [1.82, 2.24) is 9.80 Å². The van der Waals surface area contributed by atoms with Crippen LogP contribution in [0.25, 0.3) is 0 Å². The Labute approximate surface area is 197 Å². The van der Waals surface area contributed by atoms with Gasteiger partial charge in [-0.2, -0.15) is 0 Å². The molecule has 6 rings (SSSR count). The summed E-state index contributed by atoms with van der Waals surface area (Å²) in [5.41, 5.74) is 2.55. The summed E-state index contributed by atoms with van der Waals surface area (Å²) in [6, 6.07) is 9.63. The summed E-state index contributed by atoms with van der Waals surface area (Å²) in [6.45, 7) is 5.85. The van der Waals surface area contributed by atoms with Gasteiger partial charge in [-0.15, -0.1) is 0 Å². The Bertz CT molecular complexity index is 914. The van der Waals surface area contributed by atoms with Crippen molar-refractivity contribution in [3.8, 4) is 0 Å². The van der Waals surface area contributed by atoms with E-state index in [-0.39, 0.29) is 24.9 Å². The van der Waals surface area contributed by atoms with Crippen LogP contribution < -0.4 is 4.90 Å². The van der Waals surface area contributed by atoms with Crippen LogP contribution in [0, 0.1) is 0 Å². The van der Waals surface area contributed by atoms with Crippen LogP contribution in [0.4, 0.5) is 10.5 Å². The van der Waals surface area contributed by atoms with Gasteiger partial charge in [-0.3, -0.25) is 4.79 Å². The van der Waals surface area contributed by atoms with E-state index in [1.165, 1.54) is 5.56 Å². The second-order valence-corrected chi connectivity index (χ2v) is 10.7. The van der Waals surface area contributed by atoms with Gasteiger partial charge >= 0.3 is 6.09 Å². The smallest absolute Gasteiger partial charge is 0.410 e. The minimum absolute atomic E-state index is 0. The molecule has 4 fully saturated rings. The van der Waals surface area contributed by atoms with Crippen molar-refractivity contribution in [2.75, 3.05) is 37.7 Å². The molecule has 7 nitrogen and oxygen atoms in total. The maximum absolute atomic E-state index is 12.9. The van der Waals surface area contributed by atoms with Gasteiger partial charge in [-0.1, -0.05) is 18.2 Å². The van der Waals surface area contributed by atoms with E-state index in [0.29, 0.717) is 31.3 Å².